The van der Waals surface area contributed by atoms with Gasteiger partial charge in [0.15, 0.2) is 5.76 Å². The molecule has 1 aromatic heterocycles. The Labute approximate surface area is 95.9 Å². The fraction of sp³-hybridized carbons (Fsp3) is 0.583. The van der Waals surface area contributed by atoms with E-state index in [-0.39, 0.29) is 5.91 Å². The largest absolute Gasteiger partial charge is 0.456 e. The average Bonchev–Trinajstić information content (AvgIpc) is 2.53. The summed E-state index contributed by atoms with van der Waals surface area (Å²) in [6, 6.07) is 1.84. The molecular formula is C12H19NO3. The van der Waals surface area contributed by atoms with Crippen LogP contribution in [0.25, 0.3) is 0 Å². The van der Waals surface area contributed by atoms with Crippen LogP contribution in [0.5, 0.6) is 0 Å². The van der Waals surface area contributed by atoms with Gasteiger partial charge in [0.25, 0.3) is 5.91 Å². The van der Waals surface area contributed by atoms with Gasteiger partial charge in [-0.3, -0.25) is 4.79 Å². The van der Waals surface area contributed by atoms with Gasteiger partial charge in [0, 0.05) is 19.2 Å². The van der Waals surface area contributed by atoms with E-state index >= 15 is 0 Å². The van der Waals surface area contributed by atoms with E-state index in [2.05, 4.69) is 0 Å². The number of nitrogens with zero attached hydrogens (tertiary/aromatic N) is 1. The Morgan fingerprint density at radius 2 is 2.19 bits per heavy atom. The molecule has 0 aliphatic carbocycles. The standard InChI is InChI=1S/C12H19NO3/c1-8-7-10(3)16-11(8)12(15)13(4)6-5-9(2)14/h7,9,14H,5-6H2,1-4H3. The summed E-state index contributed by atoms with van der Waals surface area (Å²) in [4.78, 5) is 13.5. The quantitative estimate of drug-likeness (QED) is 0.849. The summed E-state index contributed by atoms with van der Waals surface area (Å²) in [5, 5.41) is 9.15. The molecule has 1 rings (SSSR count). The maximum Gasteiger partial charge on any atom is 0.289 e. The highest BCUT2D eigenvalue weighted by Gasteiger charge is 2.18. The van der Waals surface area contributed by atoms with Gasteiger partial charge >= 0.3 is 0 Å². The minimum absolute atomic E-state index is 0.133. The van der Waals surface area contributed by atoms with Crippen LogP contribution in [0.1, 0.15) is 35.2 Å². The van der Waals surface area contributed by atoms with Gasteiger partial charge in [0.1, 0.15) is 5.76 Å². The van der Waals surface area contributed by atoms with Crippen molar-refractivity contribution < 1.29 is 14.3 Å². The zero-order chi connectivity index (χ0) is 12.3. The molecule has 1 N–H and O–H groups in total. The van der Waals surface area contributed by atoms with Crippen molar-refractivity contribution >= 4 is 5.91 Å². The fourth-order valence-corrected chi connectivity index (χ4v) is 1.51. The molecule has 0 aliphatic rings. The number of amides is 1. The summed E-state index contributed by atoms with van der Waals surface area (Å²) in [6.45, 7) is 5.90. The van der Waals surface area contributed by atoms with Gasteiger partial charge in [-0.25, -0.2) is 0 Å². The number of aryl methyl sites for hydroxylation is 2. The van der Waals surface area contributed by atoms with Crippen LogP contribution >= 0.6 is 0 Å². The number of aliphatic hydroxyl groups excluding tert-OH is 1. The molecular weight excluding hydrogens is 206 g/mol. The third-order valence-electron chi connectivity index (χ3n) is 2.46. The first kappa shape index (κ1) is 12.8. The normalized spacial score (nSPS) is 12.6. The first-order chi connectivity index (χ1) is 7.41. The first-order valence-electron chi connectivity index (χ1n) is 5.42. The zero-order valence-corrected chi connectivity index (χ0v) is 10.3. The van der Waals surface area contributed by atoms with Crippen LogP contribution in [0, 0.1) is 13.8 Å². The van der Waals surface area contributed by atoms with Gasteiger partial charge in [0.2, 0.25) is 0 Å². The SMILES string of the molecule is Cc1cc(C)c(C(=O)N(C)CCC(C)O)o1. The predicted molar refractivity (Wildman–Crippen MR) is 61.4 cm³/mol. The maximum atomic E-state index is 11.9. The molecule has 16 heavy (non-hydrogen) atoms. The van der Waals surface area contributed by atoms with Crippen LogP contribution in [0.15, 0.2) is 10.5 Å². The Morgan fingerprint density at radius 1 is 1.56 bits per heavy atom. The van der Waals surface area contributed by atoms with Crippen LogP contribution in [0.3, 0.4) is 0 Å². The molecule has 1 unspecified atom stereocenters. The lowest BCUT2D eigenvalue weighted by atomic mass is 10.2. The molecule has 1 amide bonds. The molecule has 4 heteroatoms. The second-order valence-corrected chi connectivity index (χ2v) is 4.23. The number of hydrogen-bond donors (Lipinski definition) is 1. The highest BCUT2D eigenvalue weighted by molar-refractivity contribution is 5.92. The second-order valence-electron chi connectivity index (χ2n) is 4.23. The average molecular weight is 225 g/mol. The van der Waals surface area contributed by atoms with Crippen molar-refractivity contribution in [3.63, 3.8) is 0 Å². The molecule has 1 heterocycles. The molecule has 4 nitrogen and oxygen atoms in total. The third-order valence-corrected chi connectivity index (χ3v) is 2.46. The van der Waals surface area contributed by atoms with Crippen molar-refractivity contribution in [3.8, 4) is 0 Å². The molecule has 0 aliphatic heterocycles. The van der Waals surface area contributed by atoms with Gasteiger partial charge < -0.3 is 14.4 Å². The smallest absolute Gasteiger partial charge is 0.289 e. The van der Waals surface area contributed by atoms with Crippen LogP contribution < -0.4 is 0 Å². The Morgan fingerprint density at radius 3 is 2.62 bits per heavy atom. The number of carbonyl (C=O) groups is 1. The lowest BCUT2D eigenvalue weighted by molar-refractivity contribution is 0.0735. The van der Waals surface area contributed by atoms with Crippen molar-refractivity contribution in [2.75, 3.05) is 13.6 Å². The van der Waals surface area contributed by atoms with E-state index in [4.69, 9.17) is 9.52 Å². The van der Waals surface area contributed by atoms with Crippen molar-refractivity contribution in [2.45, 2.75) is 33.3 Å². The molecule has 0 radical (unpaired) electrons. The lowest BCUT2D eigenvalue weighted by Crippen LogP contribution is -2.29. The number of furan rings is 1. The summed E-state index contributed by atoms with van der Waals surface area (Å²) in [6.07, 6.45) is 0.177. The molecule has 0 bridgehead atoms. The highest BCUT2D eigenvalue weighted by Crippen LogP contribution is 2.15. The molecule has 0 fully saturated rings. The van der Waals surface area contributed by atoms with Gasteiger partial charge in [0.05, 0.1) is 6.10 Å². The van der Waals surface area contributed by atoms with Crippen molar-refractivity contribution in [3.05, 3.63) is 23.2 Å². The van der Waals surface area contributed by atoms with Crippen LogP contribution in [-0.4, -0.2) is 35.6 Å². The van der Waals surface area contributed by atoms with E-state index in [1.54, 1.807) is 18.9 Å². The first-order valence-corrected chi connectivity index (χ1v) is 5.42. The van der Waals surface area contributed by atoms with Crippen molar-refractivity contribution in [2.24, 2.45) is 0 Å². The van der Waals surface area contributed by atoms with Crippen molar-refractivity contribution in [1.82, 2.24) is 4.90 Å². The number of aliphatic hydroxyl groups is 1. The molecule has 90 valence electrons. The van der Waals surface area contributed by atoms with E-state index in [0.29, 0.717) is 18.7 Å². The summed E-state index contributed by atoms with van der Waals surface area (Å²) in [5.41, 5.74) is 0.853. The van der Waals surface area contributed by atoms with Gasteiger partial charge in [-0.15, -0.1) is 0 Å². The highest BCUT2D eigenvalue weighted by atomic mass is 16.4. The van der Waals surface area contributed by atoms with Gasteiger partial charge in [-0.05, 0) is 33.3 Å². The number of carbonyl (C=O) groups excluding carboxylic acids is 1. The minimum Gasteiger partial charge on any atom is -0.456 e. The predicted octanol–water partition coefficient (Wildman–Crippen LogP) is 1.74. The summed E-state index contributed by atoms with van der Waals surface area (Å²) < 4.78 is 5.35. The molecule has 1 aromatic rings. The molecule has 0 aromatic carbocycles. The van der Waals surface area contributed by atoms with Crippen LogP contribution in [-0.2, 0) is 0 Å². The fourth-order valence-electron chi connectivity index (χ4n) is 1.51. The van der Waals surface area contributed by atoms with Crippen LogP contribution in [0.4, 0.5) is 0 Å². The van der Waals surface area contributed by atoms with E-state index in [1.165, 1.54) is 0 Å². The Balaban J connectivity index is 2.67. The van der Waals surface area contributed by atoms with Crippen LogP contribution in [0.2, 0.25) is 0 Å². The second kappa shape index (κ2) is 5.16. The maximum absolute atomic E-state index is 11.9. The summed E-state index contributed by atoms with van der Waals surface area (Å²) in [7, 11) is 1.71. The lowest BCUT2D eigenvalue weighted by Gasteiger charge is -2.16. The van der Waals surface area contributed by atoms with E-state index in [0.717, 1.165) is 11.3 Å². The minimum atomic E-state index is -0.394. The topological polar surface area (TPSA) is 53.7 Å². The Hall–Kier alpha value is -1.29. The van der Waals surface area contributed by atoms with E-state index in [1.807, 2.05) is 19.9 Å². The zero-order valence-electron chi connectivity index (χ0n) is 10.3. The number of hydrogen-bond acceptors (Lipinski definition) is 3. The molecule has 1 atom stereocenters. The summed E-state index contributed by atoms with van der Waals surface area (Å²) >= 11 is 0. The van der Waals surface area contributed by atoms with E-state index < -0.39 is 6.10 Å². The molecule has 0 saturated heterocycles. The Bertz CT molecular complexity index is 368. The number of rotatable bonds is 4. The third kappa shape index (κ3) is 3.10. The van der Waals surface area contributed by atoms with E-state index in [9.17, 15) is 4.79 Å². The molecule has 0 saturated carbocycles. The van der Waals surface area contributed by atoms with Gasteiger partial charge in [-0.1, -0.05) is 0 Å². The van der Waals surface area contributed by atoms with Crippen molar-refractivity contribution in [1.29, 1.82) is 0 Å². The summed E-state index contributed by atoms with van der Waals surface area (Å²) in [5.74, 6) is 1.00. The monoisotopic (exact) mass is 225 g/mol. The molecule has 0 spiro atoms. The Kier molecular flexibility index (Phi) is 4.12. The van der Waals surface area contributed by atoms with Gasteiger partial charge in [-0.2, -0.15) is 0 Å².